The summed E-state index contributed by atoms with van der Waals surface area (Å²) in [5.41, 5.74) is 3.21. The SMILES string of the molecule is S=c1[nH]nc(CSc2nnc(-c3ccccc3)n2-c2ccccc2)n1Cc1ccccc1. The van der Waals surface area contributed by atoms with Gasteiger partial charge in [-0.15, -0.1) is 10.2 Å². The first-order valence-electron chi connectivity index (χ1n) is 10.2. The highest BCUT2D eigenvalue weighted by Crippen LogP contribution is 2.29. The maximum Gasteiger partial charge on any atom is 0.196 e. The zero-order valence-corrected chi connectivity index (χ0v) is 18.8. The van der Waals surface area contributed by atoms with E-state index in [1.165, 1.54) is 5.56 Å². The summed E-state index contributed by atoms with van der Waals surface area (Å²) >= 11 is 7.06. The number of aromatic amines is 1. The number of H-pyrrole nitrogens is 1. The van der Waals surface area contributed by atoms with E-state index < -0.39 is 0 Å². The van der Waals surface area contributed by atoms with Crippen molar-refractivity contribution in [1.82, 2.24) is 29.5 Å². The molecule has 1 N–H and O–H groups in total. The number of nitrogens with one attached hydrogen (secondary N) is 1. The van der Waals surface area contributed by atoms with E-state index in [0.29, 0.717) is 17.1 Å². The van der Waals surface area contributed by atoms with Crippen molar-refractivity contribution in [3.63, 3.8) is 0 Å². The standard InChI is InChI=1S/C24H20N6S2/c31-23-27-25-21(29(23)16-18-10-4-1-5-11-18)17-32-24-28-26-22(19-12-6-2-7-13-19)30(24)20-14-8-3-9-15-20/h1-15H,16-17H2,(H,27,31). The number of hydrogen-bond acceptors (Lipinski definition) is 5. The van der Waals surface area contributed by atoms with E-state index in [0.717, 1.165) is 28.1 Å². The molecular formula is C24H20N6S2. The molecule has 8 heteroatoms. The van der Waals surface area contributed by atoms with Crippen LogP contribution in [0.4, 0.5) is 0 Å². The summed E-state index contributed by atoms with van der Waals surface area (Å²) in [4.78, 5) is 0. The van der Waals surface area contributed by atoms with Crippen LogP contribution >= 0.6 is 24.0 Å². The Balaban J connectivity index is 1.46. The number of rotatable bonds is 7. The molecule has 5 rings (SSSR count). The Hall–Kier alpha value is -3.49. The first-order chi connectivity index (χ1) is 15.8. The molecule has 0 spiro atoms. The summed E-state index contributed by atoms with van der Waals surface area (Å²) in [7, 11) is 0. The van der Waals surface area contributed by atoms with Crippen LogP contribution in [0.25, 0.3) is 17.1 Å². The zero-order chi connectivity index (χ0) is 21.8. The number of nitrogens with zero attached hydrogens (tertiary/aromatic N) is 5. The number of para-hydroxylation sites is 1. The van der Waals surface area contributed by atoms with Gasteiger partial charge in [-0.25, -0.2) is 0 Å². The van der Waals surface area contributed by atoms with Crippen LogP contribution in [-0.4, -0.2) is 29.5 Å². The van der Waals surface area contributed by atoms with Gasteiger partial charge in [0.25, 0.3) is 0 Å². The van der Waals surface area contributed by atoms with E-state index in [9.17, 15) is 0 Å². The number of thioether (sulfide) groups is 1. The fourth-order valence-electron chi connectivity index (χ4n) is 3.47. The van der Waals surface area contributed by atoms with Gasteiger partial charge in [0.2, 0.25) is 0 Å². The molecule has 6 nitrogen and oxygen atoms in total. The number of hydrogen-bond donors (Lipinski definition) is 1. The minimum atomic E-state index is 0.610. The van der Waals surface area contributed by atoms with Gasteiger partial charge in [-0.1, -0.05) is 90.6 Å². The van der Waals surface area contributed by atoms with E-state index in [1.807, 2.05) is 71.3 Å². The number of benzene rings is 3. The lowest BCUT2D eigenvalue weighted by atomic mass is 10.2. The average Bonchev–Trinajstić information content (AvgIpc) is 3.43. The summed E-state index contributed by atoms with van der Waals surface area (Å²) in [6.45, 7) is 0.673. The zero-order valence-electron chi connectivity index (χ0n) is 17.1. The minimum Gasteiger partial charge on any atom is -0.299 e. The Kier molecular flexibility index (Phi) is 5.96. The van der Waals surface area contributed by atoms with E-state index in [-0.39, 0.29) is 0 Å². The van der Waals surface area contributed by atoms with Crippen LogP contribution in [0.2, 0.25) is 0 Å². The van der Waals surface area contributed by atoms with Crippen molar-refractivity contribution in [3.05, 3.63) is 107 Å². The van der Waals surface area contributed by atoms with E-state index in [1.54, 1.807) is 11.8 Å². The van der Waals surface area contributed by atoms with Crippen molar-refractivity contribution < 1.29 is 0 Å². The van der Waals surface area contributed by atoms with Gasteiger partial charge < -0.3 is 0 Å². The number of aromatic nitrogens is 6. The van der Waals surface area contributed by atoms with Gasteiger partial charge in [0, 0.05) is 11.3 Å². The van der Waals surface area contributed by atoms with Crippen LogP contribution in [-0.2, 0) is 12.3 Å². The molecule has 0 aliphatic carbocycles. The van der Waals surface area contributed by atoms with Gasteiger partial charge in [0.1, 0.15) is 5.82 Å². The second-order valence-electron chi connectivity index (χ2n) is 7.15. The fraction of sp³-hybridized carbons (Fsp3) is 0.0833. The Labute approximate surface area is 195 Å². The molecule has 0 aliphatic heterocycles. The average molecular weight is 457 g/mol. The van der Waals surface area contributed by atoms with Gasteiger partial charge >= 0.3 is 0 Å². The van der Waals surface area contributed by atoms with Crippen molar-refractivity contribution >= 4 is 24.0 Å². The molecule has 0 unspecified atom stereocenters. The largest absolute Gasteiger partial charge is 0.299 e. The lowest BCUT2D eigenvalue weighted by Crippen LogP contribution is -2.05. The lowest BCUT2D eigenvalue weighted by Gasteiger charge is -2.11. The van der Waals surface area contributed by atoms with E-state index in [2.05, 4.69) is 49.2 Å². The third-order valence-electron chi connectivity index (χ3n) is 5.03. The maximum absolute atomic E-state index is 5.48. The molecule has 0 atom stereocenters. The van der Waals surface area contributed by atoms with Crippen molar-refractivity contribution in [1.29, 1.82) is 0 Å². The third-order valence-corrected chi connectivity index (χ3v) is 6.27. The predicted octanol–water partition coefficient (Wildman–Crippen LogP) is 5.53. The molecule has 158 valence electrons. The molecule has 3 aromatic carbocycles. The highest BCUT2D eigenvalue weighted by Gasteiger charge is 2.17. The molecular weight excluding hydrogens is 436 g/mol. The molecule has 0 radical (unpaired) electrons. The first-order valence-corrected chi connectivity index (χ1v) is 11.6. The molecule has 2 aromatic heterocycles. The fourth-order valence-corrected chi connectivity index (χ4v) is 4.58. The van der Waals surface area contributed by atoms with Crippen LogP contribution in [0.3, 0.4) is 0 Å². The Morgan fingerprint density at radius 1 is 0.812 bits per heavy atom. The normalized spacial score (nSPS) is 11.0. The molecule has 5 aromatic rings. The Bertz CT molecular complexity index is 1360. The molecule has 0 saturated carbocycles. The Morgan fingerprint density at radius 2 is 1.47 bits per heavy atom. The van der Waals surface area contributed by atoms with Gasteiger partial charge in [0.15, 0.2) is 15.8 Å². The highest BCUT2D eigenvalue weighted by atomic mass is 32.2. The lowest BCUT2D eigenvalue weighted by molar-refractivity contribution is 0.745. The second-order valence-corrected chi connectivity index (χ2v) is 8.48. The van der Waals surface area contributed by atoms with E-state index in [4.69, 9.17) is 12.2 Å². The summed E-state index contributed by atoms with van der Waals surface area (Å²) in [5.74, 6) is 2.29. The summed E-state index contributed by atoms with van der Waals surface area (Å²) in [6, 6.07) is 30.5. The quantitative estimate of drug-likeness (QED) is 0.258. The van der Waals surface area contributed by atoms with Crippen LogP contribution < -0.4 is 0 Å². The molecule has 0 saturated heterocycles. The summed E-state index contributed by atoms with van der Waals surface area (Å²) in [6.07, 6.45) is 0. The summed E-state index contributed by atoms with van der Waals surface area (Å²) < 4.78 is 4.72. The molecule has 2 heterocycles. The van der Waals surface area contributed by atoms with Crippen LogP contribution in [0.15, 0.2) is 96.2 Å². The molecule has 0 bridgehead atoms. The van der Waals surface area contributed by atoms with Crippen molar-refractivity contribution in [2.24, 2.45) is 0 Å². The van der Waals surface area contributed by atoms with Gasteiger partial charge in [0.05, 0.1) is 12.3 Å². The monoisotopic (exact) mass is 456 g/mol. The smallest absolute Gasteiger partial charge is 0.196 e. The third kappa shape index (κ3) is 4.28. The van der Waals surface area contributed by atoms with Crippen molar-refractivity contribution in [2.75, 3.05) is 0 Å². The van der Waals surface area contributed by atoms with Crippen LogP contribution in [0.1, 0.15) is 11.4 Å². The van der Waals surface area contributed by atoms with Crippen LogP contribution in [0, 0.1) is 4.77 Å². The molecule has 0 amide bonds. The first kappa shape index (κ1) is 20.4. The molecule has 0 fully saturated rings. The maximum atomic E-state index is 5.48. The van der Waals surface area contributed by atoms with Gasteiger partial charge in [-0.05, 0) is 29.9 Å². The van der Waals surface area contributed by atoms with Gasteiger partial charge in [-0.3, -0.25) is 14.2 Å². The van der Waals surface area contributed by atoms with Crippen molar-refractivity contribution in [2.45, 2.75) is 17.5 Å². The highest BCUT2D eigenvalue weighted by molar-refractivity contribution is 7.98. The van der Waals surface area contributed by atoms with Crippen molar-refractivity contribution in [3.8, 4) is 17.1 Å². The predicted molar refractivity (Wildman–Crippen MR) is 129 cm³/mol. The van der Waals surface area contributed by atoms with Crippen LogP contribution in [0.5, 0.6) is 0 Å². The second kappa shape index (κ2) is 9.33. The minimum absolute atomic E-state index is 0.610. The Morgan fingerprint density at radius 3 is 2.19 bits per heavy atom. The van der Waals surface area contributed by atoms with E-state index >= 15 is 0 Å². The molecule has 0 aliphatic rings. The summed E-state index contributed by atoms with van der Waals surface area (Å²) in [5, 5.41) is 17.2. The molecule has 32 heavy (non-hydrogen) atoms. The topological polar surface area (TPSA) is 64.3 Å². The van der Waals surface area contributed by atoms with Gasteiger partial charge in [-0.2, -0.15) is 5.10 Å².